The van der Waals surface area contributed by atoms with Crippen LogP contribution < -0.4 is 0 Å². The minimum absolute atomic E-state index is 0.108. The van der Waals surface area contributed by atoms with Gasteiger partial charge in [0.2, 0.25) is 0 Å². The van der Waals surface area contributed by atoms with Crippen molar-refractivity contribution in [1.82, 2.24) is 0 Å². The monoisotopic (exact) mass is 1590 g/mol. The Kier molecular flexibility index (Phi) is 79.8. The molecule has 0 saturated carbocycles. The van der Waals surface area contributed by atoms with Crippen molar-refractivity contribution < 1.29 is 80.2 Å². The summed E-state index contributed by atoms with van der Waals surface area (Å²) in [7, 11) is -9.93. The molecule has 0 aromatic rings. The van der Waals surface area contributed by atoms with Crippen LogP contribution in [0.25, 0.3) is 0 Å². The SMILES string of the molecule is CCCCCCCCCCCCCCCCCCCCCCCC(=O)OC[C@H](COP(=O)(O)OC[C@@H](O)COP(=O)(O)OC[C@@H](COC(=O)CCCCCCCCCCC(C)CC)OC(=O)CCCCCCCCCCCCCCCCC)OC(=O)CCCCCCCCCCCCCCCCCCCCC(C)C. The second-order valence-corrected chi connectivity index (χ2v) is 36.0. The molecule has 0 spiro atoms. The minimum atomic E-state index is -4.97. The van der Waals surface area contributed by atoms with E-state index < -0.39 is 97.5 Å². The molecule has 0 bridgehead atoms. The third-order valence-corrected chi connectivity index (χ3v) is 23.5. The Labute approximate surface area is 670 Å². The lowest BCUT2D eigenvalue weighted by atomic mass is 9.99. The van der Waals surface area contributed by atoms with Crippen LogP contribution in [0.2, 0.25) is 0 Å². The highest BCUT2D eigenvalue weighted by molar-refractivity contribution is 7.47. The van der Waals surface area contributed by atoms with Gasteiger partial charge in [0.25, 0.3) is 0 Å². The largest absolute Gasteiger partial charge is 0.472 e. The molecule has 648 valence electrons. The number of ether oxygens (including phenoxy) is 4. The van der Waals surface area contributed by atoms with Gasteiger partial charge in [-0.2, -0.15) is 0 Å². The van der Waals surface area contributed by atoms with E-state index in [1.165, 1.54) is 302 Å². The number of phosphoric acid groups is 2. The first-order chi connectivity index (χ1) is 52.9. The predicted octanol–water partition coefficient (Wildman–Crippen LogP) is 27.8. The summed E-state index contributed by atoms with van der Waals surface area (Å²) in [6.07, 6.45) is 75.0. The molecule has 0 radical (unpaired) electrons. The lowest BCUT2D eigenvalue weighted by molar-refractivity contribution is -0.161. The minimum Gasteiger partial charge on any atom is -0.462 e. The average Bonchev–Trinajstić information content (AvgIpc) is 0.899. The topological polar surface area (TPSA) is 237 Å². The molecule has 3 unspecified atom stereocenters. The zero-order valence-corrected chi connectivity index (χ0v) is 73.7. The molecular formula is C90H176O17P2. The summed E-state index contributed by atoms with van der Waals surface area (Å²) >= 11 is 0. The molecule has 0 aliphatic heterocycles. The van der Waals surface area contributed by atoms with Gasteiger partial charge < -0.3 is 33.8 Å². The van der Waals surface area contributed by atoms with E-state index in [-0.39, 0.29) is 25.7 Å². The summed E-state index contributed by atoms with van der Waals surface area (Å²) < 4.78 is 69.0. The number of carbonyl (C=O) groups excluding carboxylic acids is 4. The third-order valence-electron chi connectivity index (χ3n) is 21.6. The van der Waals surface area contributed by atoms with Crippen molar-refractivity contribution >= 4 is 39.5 Å². The molecule has 0 rings (SSSR count). The lowest BCUT2D eigenvalue weighted by Gasteiger charge is -2.21. The maximum atomic E-state index is 13.2. The first kappa shape index (κ1) is 107. The van der Waals surface area contributed by atoms with Crippen LogP contribution in [0.5, 0.6) is 0 Å². The smallest absolute Gasteiger partial charge is 0.462 e. The van der Waals surface area contributed by atoms with Crippen LogP contribution in [0, 0.1) is 11.8 Å². The number of esters is 4. The van der Waals surface area contributed by atoms with Gasteiger partial charge in [0.1, 0.15) is 19.3 Å². The van der Waals surface area contributed by atoms with Crippen molar-refractivity contribution in [3.63, 3.8) is 0 Å². The number of aliphatic hydroxyl groups is 1. The Hall–Kier alpha value is -1.94. The molecule has 3 N–H and O–H groups in total. The molecule has 0 fully saturated rings. The molecule has 0 amide bonds. The Bertz CT molecular complexity index is 2080. The van der Waals surface area contributed by atoms with Gasteiger partial charge >= 0.3 is 39.5 Å². The molecule has 109 heavy (non-hydrogen) atoms. The molecule has 17 nitrogen and oxygen atoms in total. The maximum Gasteiger partial charge on any atom is 0.472 e. The van der Waals surface area contributed by atoms with Crippen LogP contribution in [0.15, 0.2) is 0 Å². The van der Waals surface area contributed by atoms with Crippen molar-refractivity contribution in [2.45, 2.75) is 503 Å². The number of unbranched alkanes of at least 4 members (excludes halogenated alkanes) is 58. The fraction of sp³-hybridized carbons (Fsp3) is 0.956. The van der Waals surface area contributed by atoms with Crippen LogP contribution >= 0.6 is 15.6 Å². The van der Waals surface area contributed by atoms with Gasteiger partial charge in [-0.15, -0.1) is 0 Å². The second kappa shape index (κ2) is 81.2. The molecule has 0 saturated heterocycles. The number of hydrogen-bond acceptors (Lipinski definition) is 15. The highest BCUT2D eigenvalue weighted by Crippen LogP contribution is 2.45. The van der Waals surface area contributed by atoms with Gasteiger partial charge in [-0.25, -0.2) is 9.13 Å². The molecular weight excluding hydrogens is 1410 g/mol. The highest BCUT2D eigenvalue weighted by Gasteiger charge is 2.31. The normalized spacial score (nSPS) is 14.0. The van der Waals surface area contributed by atoms with Crippen molar-refractivity contribution in [2.75, 3.05) is 39.6 Å². The van der Waals surface area contributed by atoms with Crippen molar-refractivity contribution in [3.8, 4) is 0 Å². The summed E-state index contributed by atoms with van der Waals surface area (Å²) in [6, 6.07) is 0. The van der Waals surface area contributed by atoms with E-state index in [4.69, 9.17) is 37.0 Å². The zero-order valence-electron chi connectivity index (χ0n) is 71.9. The fourth-order valence-electron chi connectivity index (χ4n) is 14.1. The summed E-state index contributed by atoms with van der Waals surface area (Å²) in [4.78, 5) is 73.4. The van der Waals surface area contributed by atoms with E-state index in [1.54, 1.807) is 0 Å². The first-order valence-corrected chi connectivity index (χ1v) is 49.5. The number of aliphatic hydroxyl groups excluding tert-OH is 1. The van der Waals surface area contributed by atoms with E-state index in [0.29, 0.717) is 25.7 Å². The molecule has 19 heteroatoms. The number of phosphoric ester groups is 2. The zero-order chi connectivity index (χ0) is 79.9. The Balaban J connectivity index is 5.24. The number of carbonyl (C=O) groups is 4. The van der Waals surface area contributed by atoms with E-state index in [2.05, 4.69) is 41.5 Å². The predicted molar refractivity (Wildman–Crippen MR) is 451 cm³/mol. The standard InChI is InChI=1S/C90H176O17P2/c1-7-10-12-14-16-18-20-22-24-25-26-27-28-32-36-39-43-47-54-60-66-72-87(92)100-78-85(106-89(94)75-69-63-57-49-45-41-37-33-30-29-31-35-38-42-46-52-58-64-70-82(4)5)80-104-108(96,97)102-76-84(91)77-103-109(98,99)105-81-86(79-101-88(93)73-67-61-55-51-50-53-59-65-71-83(6)9-3)107-90(95)74-68-62-56-48-44-40-34-23-21-19-17-15-13-11-8-2/h82-86,91H,7-81H2,1-6H3,(H,96,97)(H,98,99)/t83?,84-,85-,86-/m1/s1. The van der Waals surface area contributed by atoms with Gasteiger partial charge in [0.15, 0.2) is 12.2 Å². The summed E-state index contributed by atoms with van der Waals surface area (Å²) in [6.45, 7) is 9.74. The molecule has 0 aliphatic carbocycles. The van der Waals surface area contributed by atoms with Crippen molar-refractivity contribution in [2.24, 2.45) is 11.8 Å². The average molecular weight is 1590 g/mol. The summed E-state index contributed by atoms with van der Waals surface area (Å²) in [5.41, 5.74) is 0. The van der Waals surface area contributed by atoms with Crippen LogP contribution in [-0.4, -0.2) is 96.7 Å². The van der Waals surface area contributed by atoms with E-state index in [1.807, 2.05) is 0 Å². The molecule has 0 aromatic carbocycles. The number of hydrogen-bond donors (Lipinski definition) is 3. The molecule has 0 aliphatic rings. The van der Waals surface area contributed by atoms with E-state index >= 15 is 0 Å². The quantitative estimate of drug-likeness (QED) is 0.0222. The fourth-order valence-corrected chi connectivity index (χ4v) is 15.7. The molecule has 0 aromatic heterocycles. The number of rotatable bonds is 89. The van der Waals surface area contributed by atoms with E-state index in [0.717, 1.165) is 102 Å². The van der Waals surface area contributed by atoms with Crippen molar-refractivity contribution in [3.05, 3.63) is 0 Å². The van der Waals surface area contributed by atoms with Gasteiger partial charge in [0.05, 0.1) is 26.4 Å². The Morgan fingerprint density at radius 2 is 0.468 bits per heavy atom. The van der Waals surface area contributed by atoms with Gasteiger partial charge in [-0.05, 0) is 37.5 Å². The molecule has 6 atom stereocenters. The maximum absolute atomic E-state index is 13.2. The van der Waals surface area contributed by atoms with Crippen LogP contribution in [0.3, 0.4) is 0 Å². The van der Waals surface area contributed by atoms with Gasteiger partial charge in [-0.1, -0.05) is 433 Å². The molecule has 0 heterocycles. The Morgan fingerprint density at radius 3 is 0.697 bits per heavy atom. The third kappa shape index (κ3) is 82.4. The van der Waals surface area contributed by atoms with E-state index in [9.17, 15) is 43.2 Å². The van der Waals surface area contributed by atoms with Gasteiger partial charge in [0, 0.05) is 25.7 Å². The second-order valence-electron chi connectivity index (χ2n) is 33.1. The summed E-state index contributed by atoms with van der Waals surface area (Å²) in [5.74, 6) is -0.499. The Morgan fingerprint density at radius 1 is 0.266 bits per heavy atom. The van der Waals surface area contributed by atoms with Crippen LogP contribution in [0.4, 0.5) is 0 Å². The highest BCUT2D eigenvalue weighted by atomic mass is 31.2. The summed E-state index contributed by atoms with van der Waals surface area (Å²) in [5, 5.41) is 10.7. The van der Waals surface area contributed by atoms with Crippen LogP contribution in [0.1, 0.15) is 485 Å². The first-order valence-electron chi connectivity index (χ1n) is 46.5. The van der Waals surface area contributed by atoms with Crippen LogP contribution in [-0.2, 0) is 65.4 Å². The lowest BCUT2D eigenvalue weighted by Crippen LogP contribution is -2.30. The van der Waals surface area contributed by atoms with Crippen molar-refractivity contribution in [1.29, 1.82) is 0 Å². The van der Waals surface area contributed by atoms with Gasteiger partial charge in [-0.3, -0.25) is 37.3 Å².